The molecule has 19 heteroatoms. The molecule has 310 valence electrons. The Bertz CT molecular complexity index is 2690. The lowest BCUT2D eigenvalue weighted by molar-refractivity contribution is 0.0262. The number of rotatable bonds is 6. The molecule has 10 heterocycles. The number of aromatic nitrogens is 7. The van der Waals surface area contributed by atoms with Crippen molar-refractivity contribution in [2.75, 3.05) is 19.8 Å². The topological polar surface area (TPSA) is 202 Å². The van der Waals surface area contributed by atoms with Gasteiger partial charge >= 0.3 is 8.88 Å². The van der Waals surface area contributed by atoms with E-state index in [1.54, 1.807) is 37.2 Å². The first-order chi connectivity index (χ1) is 29.9. The van der Waals surface area contributed by atoms with E-state index in [1.165, 1.54) is 12.8 Å². The average Bonchev–Trinajstić information content (AvgIpc) is 3.99. The highest BCUT2D eigenvalue weighted by atomic mass is 28.4. The molecule has 0 radical (unpaired) electrons. The van der Waals surface area contributed by atoms with Crippen LogP contribution in [0.3, 0.4) is 0 Å². The van der Waals surface area contributed by atoms with Crippen LogP contribution in [0.5, 0.6) is 0 Å². The van der Waals surface area contributed by atoms with E-state index in [2.05, 4.69) is 47.1 Å². The van der Waals surface area contributed by atoms with Gasteiger partial charge < -0.3 is 19.5 Å². The van der Waals surface area contributed by atoms with E-state index < -0.39 is 15.0 Å². The molecule has 0 aromatic carbocycles. The van der Waals surface area contributed by atoms with Crippen LogP contribution in [0.1, 0.15) is 95.2 Å². The van der Waals surface area contributed by atoms with E-state index >= 15 is 0 Å². The van der Waals surface area contributed by atoms with Crippen LogP contribution >= 0.6 is 0 Å². The van der Waals surface area contributed by atoms with Crippen molar-refractivity contribution >= 4 is 66.9 Å². The number of nitrogens with one attached hydrogen (secondary N) is 2. The fraction of sp³-hybridized carbons (Fsp3) is 0.476. The molecule has 2 saturated carbocycles. The zero-order chi connectivity index (χ0) is 41.0. The van der Waals surface area contributed by atoms with Gasteiger partial charge in [-0.2, -0.15) is 0 Å². The fourth-order valence-electron chi connectivity index (χ4n) is 10.7. The molecule has 6 bridgehead atoms. The molecular weight excluding hydrogens is 789 g/mol. The number of hydrogen-bond donors (Lipinski definition) is 2. The first kappa shape index (κ1) is 36.9. The lowest BCUT2D eigenvalue weighted by Crippen LogP contribution is -2.68. The molecule has 2 aliphatic carbocycles. The third kappa shape index (κ3) is 5.58. The van der Waals surface area contributed by atoms with E-state index in [0.717, 1.165) is 25.7 Å². The molecule has 5 unspecified atom stereocenters. The lowest BCUT2D eigenvalue weighted by Gasteiger charge is -2.45. The molecule has 4 aromatic rings. The van der Waals surface area contributed by atoms with Gasteiger partial charge in [-0.1, -0.05) is 66.2 Å². The minimum Gasteiger partial charge on any atom is -0.375 e. The number of fused-ring (bicyclic) bond motifs is 13. The van der Waals surface area contributed by atoms with Gasteiger partial charge in [-0.05, 0) is 35.5 Å². The minimum absolute atomic E-state index is 0.252. The highest BCUT2D eigenvalue weighted by molar-refractivity contribution is 6.68. The zero-order valence-corrected chi connectivity index (χ0v) is 35.5. The van der Waals surface area contributed by atoms with Crippen molar-refractivity contribution < 1.29 is 8.85 Å². The summed E-state index contributed by atoms with van der Waals surface area (Å²) < 4.78 is 20.1. The van der Waals surface area contributed by atoms with Gasteiger partial charge in [-0.25, -0.2) is 49.9 Å². The molecule has 2 N–H and O–H groups in total. The Hall–Kier alpha value is -5.92. The van der Waals surface area contributed by atoms with E-state index in [9.17, 15) is 0 Å². The number of aliphatic imine (C=N–C) groups is 6. The van der Waals surface area contributed by atoms with Gasteiger partial charge in [0.2, 0.25) is 0 Å². The van der Waals surface area contributed by atoms with Crippen molar-refractivity contribution in [2.24, 2.45) is 65.5 Å². The Morgan fingerprint density at radius 2 is 1.23 bits per heavy atom. The maximum atomic E-state index is 7.93. The quantitative estimate of drug-likeness (QED) is 0.247. The van der Waals surface area contributed by atoms with E-state index in [4.69, 9.17) is 68.7 Å². The summed E-state index contributed by atoms with van der Waals surface area (Å²) in [6.45, 7) is 10.8. The molecule has 18 nitrogen and oxygen atoms in total. The van der Waals surface area contributed by atoms with Gasteiger partial charge in [0, 0.05) is 56.6 Å². The van der Waals surface area contributed by atoms with Crippen LogP contribution in [0.2, 0.25) is 0 Å². The molecule has 2 fully saturated rings. The Balaban J connectivity index is 1.22. The monoisotopic (exact) mass is 834 g/mol. The molecule has 6 aliphatic heterocycles. The van der Waals surface area contributed by atoms with Crippen LogP contribution in [-0.4, -0.2) is 103 Å². The molecule has 0 spiro atoms. The van der Waals surface area contributed by atoms with Crippen molar-refractivity contribution in [1.29, 1.82) is 0 Å². The number of hydrogen-bond acceptors (Lipinski definition) is 17. The van der Waals surface area contributed by atoms with Crippen molar-refractivity contribution in [2.45, 2.75) is 72.4 Å². The van der Waals surface area contributed by atoms with Crippen LogP contribution in [0.15, 0.2) is 78.5 Å². The summed E-state index contributed by atoms with van der Waals surface area (Å²) in [5.74, 6) is 5.24. The Morgan fingerprint density at radius 1 is 0.639 bits per heavy atom. The van der Waals surface area contributed by atoms with Crippen molar-refractivity contribution in [1.82, 2.24) is 49.3 Å². The predicted octanol–water partition coefficient (Wildman–Crippen LogP) is 5.02. The van der Waals surface area contributed by atoms with Gasteiger partial charge in [-0.3, -0.25) is 18.8 Å². The Kier molecular flexibility index (Phi) is 8.51. The molecule has 12 rings (SSSR count). The minimum atomic E-state index is -4.33. The highest BCUT2D eigenvalue weighted by Crippen LogP contribution is 2.48. The number of nitrogens with zero attached hydrogens (tertiary/aromatic N) is 14. The second-order valence-corrected chi connectivity index (χ2v) is 20.2. The summed E-state index contributed by atoms with van der Waals surface area (Å²) in [6.07, 6.45) is 18.0. The molecule has 5 atom stereocenters. The van der Waals surface area contributed by atoms with Crippen LogP contribution in [0.25, 0.3) is 11.0 Å². The van der Waals surface area contributed by atoms with Crippen LogP contribution in [-0.2, 0) is 8.85 Å². The van der Waals surface area contributed by atoms with Crippen molar-refractivity contribution in [3.05, 3.63) is 71.4 Å². The largest absolute Gasteiger partial charge is 0.599 e. The molecule has 8 aliphatic rings. The van der Waals surface area contributed by atoms with Crippen LogP contribution in [0, 0.1) is 35.5 Å². The Morgan fingerprint density at radius 3 is 1.90 bits per heavy atom. The third-order valence-corrected chi connectivity index (χ3v) is 17.2. The first-order valence-electron chi connectivity index (χ1n) is 21.7. The second kappa shape index (κ2) is 14.1. The predicted molar refractivity (Wildman–Crippen MR) is 231 cm³/mol. The van der Waals surface area contributed by atoms with Gasteiger partial charge in [0.1, 0.15) is 51.4 Å². The third-order valence-electron chi connectivity index (χ3n) is 14.0. The van der Waals surface area contributed by atoms with Gasteiger partial charge in [0.15, 0.2) is 40.8 Å². The summed E-state index contributed by atoms with van der Waals surface area (Å²) in [7, 11) is -4.33. The van der Waals surface area contributed by atoms with E-state index in [1.807, 2.05) is 6.21 Å². The average molecular weight is 835 g/mol. The number of amidine groups is 5. The van der Waals surface area contributed by atoms with Gasteiger partial charge in [0.05, 0.1) is 6.54 Å². The van der Waals surface area contributed by atoms with Crippen LogP contribution in [0.4, 0.5) is 11.6 Å². The zero-order valence-electron chi connectivity index (χ0n) is 34.5. The van der Waals surface area contributed by atoms with Crippen LogP contribution < -0.4 is 10.6 Å². The normalized spacial score (nSPS) is 33.1. The fourth-order valence-corrected chi connectivity index (χ4v) is 14.1. The summed E-state index contributed by atoms with van der Waals surface area (Å²) in [4.78, 5) is 60.9. The maximum Gasteiger partial charge on any atom is 0.599 e. The standard InChI is InChI=1S/C42H46N16O2Si/c1-21-7-5-8-22(2)25(21)19-59-61(60-20-26-23(3)9-6-10-24(26)4)57-39-31-32(48-16-15-47-31)41(57)55-37-29-30(46-14-13-45-29)38(52-37)56-42-34-33(49-17-18-50-34)40(58(42)61)54-36-28-27(35(51-36)53-39)43-11-12-44-28/h11-13,15-18,21-26,39,46H,5-10,14,19-20H2,1-4H3,(H,51,53,54)/b55-41-,56-38-. The summed E-state index contributed by atoms with van der Waals surface area (Å²) in [6, 6.07) is 0. The van der Waals surface area contributed by atoms with Crippen molar-refractivity contribution in [3.8, 4) is 0 Å². The summed E-state index contributed by atoms with van der Waals surface area (Å²) in [5, 5.41) is 7.26. The highest BCUT2D eigenvalue weighted by Gasteiger charge is 2.63. The SMILES string of the molecule is CC1CCCC(C)C1CO[Si]1(OCC2C(C)CCCC2C)N2/C3=N\C4=NC(=N\c5c6nccnc6c(n51)/N=C1\N=C(NC2c2nccnc23)c2nccnc21)/C1=C4N=CCN1. The van der Waals surface area contributed by atoms with E-state index in [0.29, 0.717) is 129 Å². The molecule has 0 saturated heterocycles. The first-order valence-corrected chi connectivity index (χ1v) is 23.4. The summed E-state index contributed by atoms with van der Waals surface area (Å²) in [5.41, 5.74) is 4.53. The van der Waals surface area contributed by atoms with Gasteiger partial charge in [-0.15, -0.1) is 0 Å². The maximum absolute atomic E-state index is 7.93. The lowest BCUT2D eigenvalue weighted by atomic mass is 9.74. The molecule has 61 heavy (non-hydrogen) atoms. The summed E-state index contributed by atoms with van der Waals surface area (Å²) >= 11 is 0. The molecule has 0 amide bonds. The molecule has 4 aromatic heterocycles. The molecular formula is C42H46N16O2Si. The van der Waals surface area contributed by atoms with Gasteiger partial charge in [0.25, 0.3) is 0 Å². The smallest absolute Gasteiger partial charge is 0.375 e. The van der Waals surface area contributed by atoms with E-state index in [-0.39, 0.29) is 11.8 Å². The Labute approximate surface area is 353 Å². The van der Waals surface area contributed by atoms with Crippen molar-refractivity contribution in [3.63, 3.8) is 0 Å². The second-order valence-electron chi connectivity index (χ2n) is 17.6.